The van der Waals surface area contributed by atoms with Gasteiger partial charge in [-0.3, -0.25) is 0 Å². The number of cyclic esters (lactones) is 1. The van der Waals surface area contributed by atoms with Gasteiger partial charge in [0.05, 0.1) is 13.7 Å². The van der Waals surface area contributed by atoms with Crippen LogP contribution in [0.5, 0.6) is 5.75 Å². The summed E-state index contributed by atoms with van der Waals surface area (Å²) in [4.78, 5) is 16.5. The third-order valence-corrected chi connectivity index (χ3v) is 5.62. The summed E-state index contributed by atoms with van der Waals surface area (Å²) >= 11 is 7.87. The van der Waals surface area contributed by atoms with Crippen LogP contribution < -0.4 is 4.74 Å². The van der Waals surface area contributed by atoms with Crippen molar-refractivity contribution in [3.8, 4) is 5.75 Å². The Hall–Kier alpha value is -0.940. The Balaban J connectivity index is 1.89. The molecule has 0 saturated heterocycles. The Morgan fingerprint density at radius 1 is 1.19 bits per heavy atom. The van der Waals surface area contributed by atoms with E-state index in [0.717, 1.165) is 34.9 Å². The zero-order valence-corrected chi connectivity index (χ0v) is 19.7. The van der Waals surface area contributed by atoms with Gasteiger partial charge in [0.1, 0.15) is 5.75 Å². The fraction of sp³-hybridized carbons (Fsp3) is 0.158. The number of rotatable bonds is 5. The number of esters is 1. The van der Waals surface area contributed by atoms with E-state index < -0.39 is 5.97 Å². The summed E-state index contributed by atoms with van der Waals surface area (Å²) in [7, 11) is 0. The molecule has 0 aliphatic carbocycles. The molecule has 1 aliphatic heterocycles. The number of carbonyl (C=O) groups excluding carboxylic acids is 1. The molecule has 0 aromatic heterocycles. The van der Waals surface area contributed by atoms with E-state index >= 15 is 0 Å². The molecule has 0 amide bonds. The van der Waals surface area contributed by atoms with Crippen molar-refractivity contribution in [2.45, 2.75) is 13.3 Å². The lowest BCUT2D eigenvalue weighted by Crippen LogP contribution is -2.05. The van der Waals surface area contributed by atoms with Crippen molar-refractivity contribution in [3.05, 3.63) is 64.8 Å². The van der Waals surface area contributed by atoms with Crippen molar-refractivity contribution in [1.82, 2.24) is 0 Å². The number of benzene rings is 2. The monoisotopic (exact) mass is 637 g/mol. The van der Waals surface area contributed by atoms with Crippen LogP contribution >= 0.6 is 61.1 Å². The van der Waals surface area contributed by atoms with Crippen LogP contribution in [0, 0.1) is 7.14 Å². The Bertz CT molecular complexity index is 884. The first-order valence-corrected chi connectivity index (χ1v) is 10.8. The Morgan fingerprint density at radius 3 is 2.46 bits per heavy atom. The summed E-state index contributed by atoms with van der Waals surface area (Å²) in [6.07, 6.45) is 2.69. The van der Waals surface area contributed by atoms with Crippen LogP contribution in [0.4, 0.5) is 0 Å². The summed E-state index contributed by atoms with van der Waals surface area (Å²) in [5, 5.41) is 0. The molecular formula is C19H14BrI2NO3. The highest BCUT2D eigenvalue weighted by molar-refractivity contribution is 14.1. The Kier molecular flexibility index (Phi) is 6.73. The second-order valence-electron chi connectivity index (χ2n) is 5.51. The van der Waals surface area contributed by atoms with Crippen molar-refractivity contribution >= 4 is 79.1 Å². The molecule has 1 aliphatic rings. The van der Waals surface area contributed by atoms with Gasteiger partial charge in [-0.25, -0.2) is 9.79 Å². The van der Waals surface area contributed by atoms with Crippen LogP contribution in [-0.2, 0) is 9.53 Å². The number of hydrogen-bond donors (Lipinski definition) is 0. The van der Waals surface area contributed by atoms with Crippen LogP contribution in [0.15, 0.2) is 51.6 Å². The van der Waals surface area contributed by atoms with E-state index in [1.807, 2.05) is 36.4 Å². The molecule has 0 unspecified atom stereocenters. The number of hydrogen-bond acceptors (Lipinski definition) is 4. The molecule has 0 N–H and O–H groups in total. The molecule has 0 fully saturated rings. The van der Waals surface area contributed by atoms with Gasteiger partial charge in [0.15, 0.2) is 5.70 Å². The zero-order valence-electron chi connectivity index (χ0n) is 13.8. The fourth-order valence-electron chi connectivity index (χ4n) is 2.29. The lowest BCUT2D eigenvalue weighted by molar-refractivity contribution is -0.129. The first-order valence-electron chi connectivity index (χ1n) is 7.88. The maximum absolute atomic E-state index is 12.2. The molecule has 26 heavy (non-hydrogen) atoms. The van der Waals surface area contributed by atoms with E-state index in [2.05, 4.69) is 73.0 Å². The summed E-state index contributed by atoms with van der Waals surface area (Å²) in [5.74, 6) is 0.753. The minimum atomic E-state index is -0.445. The van der Waals surface area contributed by atoms with Gasteiger partial charge in [-0.15, -0.1) is 0 Å². The smallest absolute Gasteiger partial charge is 0.363 e. The molecule has 2 aromatic carbocycles. The quantitative estimate of drug-likeness (QED) is 0.237. The van der Waals surface area contributed by atoms with E-state index in [1.54, 1.807) is 6.08 Å². The van der Waals surface area contributed by atoms with Crippen molar-refractivity contribution < 1.29 is 14.3 Å². The van der Waals surface area contributed by atoms with Gasteiger partial charge in [0.25, 0.3) is 0 Å². The standard InChI is InChI=1S/C19H14BrI2NO3/c1-2-7-25-17-14(21)8-11(9-15(17)22)10-16-19(24)26-18(23-16)12-3-5-13(20)6-4-12/h3-6,8-10H,2,7H2,1H3/b16-10-. The molecule has 7 heteroatoms. The van der Waals surface area contributed by atoms with Gasteiger partial charge in [0.2, 0.25) is 5.90 Å². The predicted molar refractivity (Wildman–Crippen MR) is 122 cm³/mol. The number of ether oxygens (including phenoxy) is 2. The summed E-state index contributed by atoms with van der Waals surface area (Å²) < 4.78 is 14.0. The molecule has 1 heterocycles. The van der Waals surface area contributed by atoms with Crippen LogP contribution in [-0.4, -0.2) is 18.5 Å². The van der Waals surface area contributed by atoms with Crippen LogP contribution in [0.1, 0.15) is 24.5 Å². The van der Waals surface area contributed by atoms with Crippen molar-refractivity contribution in [1.29, 1.82) is 0 Å². The maximum Gasteiger partial charge on any atom is 0.363 e. The van der Waals surface area contributed by atoms with Gasteiger partial charge >= 0.3 is 5.97 Å². The Labute approximate surface area is 187 Å². The first kappa shape index (κ1) is 19.8. The highest BCUT2D eigenvalue weighted by Crippen LogP contribution is 2.30. The molecule has 0 atom stereocenters. The normalized spacial score (nSPS) is 15.2. The van der Waals surface area contributed by atoms with Crippen LogP contribution in [0.3, 0.4) is 0 Å². The lowest BCUT2D eigenvalue weighted by atomic mass is 10.2. The second kappa shape index (κ2) is 8.83. The van der Waals surface area contributed by atoms with Gasteiger partial charge < -0.3 is 9.47 Å². The summed E-state index contributed by atoms with van der Waals surface area (Å²) in [6.45, 7) is 2.75. The van der Waals surface area contributed by atoms with Crippen molar-refractivity contribution in [2.75, 3.05) is 6.61 Å². The SMILES string of the molecule is CCCOc1c(I)cc(/C=C2\N=C(c3ccc(Br)cc3)OC2=O)cc1I. The van der Waals surface area contributed by atoms with Gasteiger partial charge in [0, 0.05) is 10.0 Å². The number of halogens is 3. The minimum Gasteiger partial charge on any atom is -0.491 e. The summed E-state index contributed by atoms with van der Waals surface area (Å²) in [6, 6.07) is 11.4. The molecule has 3 rings (SSSR count). The zero-order chi connectivity index (χ0) is 18.7. The van der Waals surface area contributed by atoms with Crippen LogP contribution in [0.2, 0.25) is 0 Å². The van der Waals surface area contributed by atoms with Crippen molar-refractivity contribution in [2.24, 2.45) is 4.99 Å². The molecule has 0 bridgehead atoms. The Morgan fingerprint density at radius 2 is 1.85 bits per heavy atom. The third-order valence-electron chi connectivity index (χ3n) is 3.49. The van der Waals surface area contributed by atoms with E-state index in [0.29, 0.717) is 12.5 Å². The lowest BCUT2D eigenvalue weighted by Gasteiger charge is -2.10. The highest BCUT2D eigenvalue weighted by Gasteiger charge is 2.24. The van der Waals surface area contributed by atoms with E-state index in [1.165, 1.54) is 0 Å². The van der Waals surface area contributed by atoms with E-state index in [-0.39, 0.29) is 5.70 Å². The fourth-order valence-corrected chi connectivity index (χ4v) is 4.68. The maximum atomic E-state index is 12.2. The van der Waals surface area contributed by atoms with E-state index in [9.17, 15) is 4.79 Å². The number of aliphatic imine (C=N–C) groups is 1. The number of carbonyl (C=O) groups is 1. The van der Waals surface area contributed by atoms with Crippen LogP contribution in [0.25, 0.3) is 6.08 Å². The van der Waals surface area contributed by atoms with Gasteiger partial charge in [-0.1, -0.05) is 22.9 Å². The topological polar surface area (TPSA) is 47.9 Å². The van der Waals surface area contributed by atoms with Gasteiger partial charge in [-0.05, 0) is 99.6 Å². The van der Waals surface area contributed by atoms with E-state index in [4.69, 9.17) is 9.47 Å². The average Bonchev–Trinajstić information content (AvgIpc) is 2.95. The second-order valence-corrected chi connectivity index (χ2v) is 8.75. The molecular weight excluding hydrogens is 624 g/mol. The average molecular weight is 638 g/mol. The molecule has 0 radical (unpaired) electrons. The number of nitrogens with zero attached hydrogens (tertiary/aromatic N) is 1. The minimum absolute atomic E-state index is 0.289. The molecule has 0 spiro atoms. The third kappa shape index (κ3) is 4.66. The molecule has 0 saturated carbocycles. The van der Waals surface area contributed by atoms with Gasteiger partial charge in [-0.2, -0.15) is 0 Å². The summed E-state index contributed by atoms with van der Waals surface area (Å²) in [5.41, 5.74) is 1.93. The molecule has 134 valence electrons. The largest absolute Gasteiger partial charge is 0.491 e. The molecule has 2 aromatic rings. The van der Waals surface area contributed by atoms with Crippen molar-refractivity contribution in [3.63, 3.8) is 0 Å². The highest BCUT2D eigenvalue weighted by atomic mass is 127. The predicted octanol–water partition coefficient (Wildman–Crippen LogP) is 5.79. The first-order chi connectivity index (χ1) is 12.5. The molecule has 4 nitrogen and oxygen atoms in total.